The Kier molecular flexibility index (Phi) is 3.21. The minimum atomic E-state index is 0.0472. The molecule has 1 atom stereocenters. The van der Waals surface area contributed by atoms with Gasteiger partial charge < -0.3 is 4.90 Å². The van der Waals surface area contributed by atoms with Crippen LogP contribution in [0.4, 0.5) is 5.69 Å². The summed E-state index contributed by atoms with van der Waals surface area (Å²) in [5.74, 6) is 0.182. The maximum absolute atomic E-state index is 11.9. The SMILES string of the molecule is CC(C)(C)c1ccccc1N1CC(S)CC1=O. The minimum absolute atomic E-state index is 0.0472. The van der Waals surface area contributed by atoms with Crippen LogP contribution in [0.15, 0.2) is 24.3 Å². The molecule has 1 saturated heterocycles. The first kappa shape index (κ1) is 12.5. The van der Waals surface area contributed by atoms with Gasteiger partial charge in [0.2, 0.25) is 5.91 Å². The molecule has 3 heteroatoms. The summed E-state index contributed by atoms with van der Waals surface area (Å²) < 4.78 is 0. The number of hydrogen-bond donors (Lipinski definition) is 1. The highest BCUT2D eigenvalue weighted by Gasteiger charge is 2.31. The summed E-state index contributed by atoms with van der Waals surface area (Å²) in [7, 11) is 0. The highest BCUT2D eigenvalue weighted by molar-refractivity contribution is 7.81. The van der Waals surface area contributed by atoms with Crippen molar-refractivity contribution in [3.05, 3.63) is 29.8 Å². The van der Waals surface area contributed by atoms with E-state index in [0.29, 0.717) is 6.42 Å². The van der Waals surface area contributed by atoms with Crippen molar-refractivity contribution in [3.8, 4) is 0 Å². The van der Waals surface area contributed by atoms with E-state index < -0.39 is 0 Å². The van der Waals surface area contributed by atoms with Crippen LogP contribution in [0, 0.1) is 0 Å². The zero-order valence-corrected chi connectivity index (χ0v) is 11.5. The van der Waals surface area contributed by atoms with E-state index in [2.05, 4.69) is 39.5 Å². The van der Waals surface area contributed by atoms with Crippen molar-refractivity contribution in [1.29, 1.82) is 0 Å². The lowest BCUT2D eigenvalue weighted by Gasteiger charge is -2.27. The van der Waals surface area contributed by atoms with Crippen molar-refractivity contribution >= 4 is 24.2 Å². The van der Waals surface area contributed by atoms with Crippen LogP contribution in [0.2, 0.25) is 0 Å². The van der Waals surface area contributed by atoms with Crippen molar-refractivity contribution in [2.45, 2.75) is 37.9 Å². The number of rotatable bonds is 1. The molecule has 1 heterocycles. The summed E-state index contributed by atoms with van der Waals surface area (Å²) in [4.78, 5) is 13.8. The second kappa shape index (κ2) is 4.37. The van der Waals surface area contributed by atoms with Gasteiger partial charge >= 0.3 is 0 Å². The largest absolute Gasteiger partial charge is 0.311 e. The van der Waals surface area contributed by atoms with E-state index in [0.717, 1.165) is 12.2 Å². The molecule has 0 spiro atoms. The van der Waals surface area contributed by atoms with Gasteiger partial charge in [0.05, 0.1) is 0 Å². The molecule has 92 valence electrons. The smallest absolute Gasteiger partial charge is 0.228 e. The van der Waals surface area contributed by atoms with E-state index in [9.17, 15) is 4.79 Å². The van der Waals surface area contributed by atoms with Gasteiger partial charge in [-0.25, -0.2) is 0 Å². The van der Waals surface area contributed by atoms with Crippen LogP contribution in [-0.2, 0) is 10.2 Å². The lowest BCUT2D eigenvalue weighted by molar-refractivity contribution is -0.117. The van der Waals surface area contributed by atoms with Crippen LogP contribution < -0.4 is 4.90 Å². The van der Waals surface area contributed by atoms with Gasteiger partial charge in [-0.2, -0.15) is 12.6 Å². The van der Waals surface area contributed by atoms with Crippen LogP contribution in [0.3, 0.4) is 0 Å². The molecule has 1 aromatic carbocycles. The number of hydrogen-bond acceptors (Lipinski definition) is 2. The first-order chi connectivity index (χ1) is 7.89. The average molecular weight is 249 g/mol. The van der Waals surface area contributed by atoms with Crippen LogP contribution in [-0.4, -0.2) is 17.7 Å². The molecule has 0 N–H and O–H groups in total. The van der Waals surface area contributed by atoms with Crippen molar-refractivity contribution < 1.29 is 4.79 Å². The van der Waals surface area contributed by atoms with Gasteiger partial charge in [-0.05, 0) is 17.0 Å². The molecule has 0 saturated carbocycles. The highest BCUT2D eigenvalue weighted by Crippen LogP contribution is 2.34. The third-order valence-corrected chi connectivity index (χ3v) is 3.45. The van der Waals surface area contributed by atoms with E-state index in [1.807, 2.05) is 23.1 Å². The number of carbonyl (C=O) groups excluding carboxylic acids is 1. The Labute approximate surface area is 108 Å². The lowest BCUT2D eigenvalue weighted by Crippen LogP contribution is -2.28. The normalized spacial score (nSPS) is 21.1. The van der Waals surface area contributed by atoms with Gasteiger partial charge in [0.15, 0.2) is 0 Å². The van der Waals surface area contributed by atoms with Gasteiger partial charge in [0.1, 0.15) is 0 Å². The van der Waals surface area contributed by atoms with Crippen LogP contribution >= 0.6 is 12.6 Å². The second-order valence-corrected chi connectivity index (χ2v) is 6.36. The molecule has 0 aromatic heterocycles. The molecule has 0 aliphatic carbocycles. The molecule has 1 aromatic rings. The number of anilines is 1. The number of para-hydroxylation sites is 1. The minimum Gasteiger partial charge on any atom is -0.311 e. The van der Waals surface area contributed by atoms with Crippen molar-refractivity contribution in [2.24, 2.45) is 0 Å². The Morgan fingerprint density at radius 3 is 2.47 bits per heavy atom. The van der Waals surface area contributed by atoms with Gasteiger partial charge in [-0.3, -0.25) is 4.79 Å². The summed E-state index contributed by atoms with van der Waals surface area (Å²) in [6, 6.07) is 8.16. The molecular weight excluding hydrogens is 230 g/mol. The highest BCUT2D eigenvalue weighted by atomic mass is 32.1. The van der Waals surface area contributed by atoms with Crippen LogP contribution in [0.5, 0.6) is 0 Å². The van der Waals surface area contributed by atoms with Crippen molar-refractivity contribution in [1.82, 2.24) is 0 Å². The Bertz CT molecular complexity index is 436. The van der Waals surface area contributed by atoms with Gasteiger partial charge in [0, 0.05) is 23.9 Å². The van der Waals surface area contributed by atoms with E-state index in [4.69, 9.17) is 0 Å². The quantitative estimate of drug-likeness (QED) is 0.759. The number of amides is 1. The van der Waals surface area contributed by atoms with Crippen LogP contribution in [0.1, 0.15) is 32.8 Å². The molecule has 17 heavy (non-hydrogen) atoms. The van der Waals surface area contributed by atoms with Crippen molar-refractivity contribution in [3.63, 3.8) is 0 Å². The summed E-state index contributed by atoms with van der Waals surface area (Å²) >= 11 is 4.41. The van der Waals surface area contributed by atoms with Gasteiger partial charge in [0.25, 0.3) is 0 Å². The average Bonchev–Trinajstić information content (AvgIpc) is 2.56. The molecule has 1 aliphatic heterocycles. The second-order valence-electron chi connectivity index (χ2n) is 5.63. The summed E-state index contributed by atoms with van der Waals surface area (Å²) in [6.45, 7) is 7.23. The molecule has 1 aliphatic rings. The molecule has 1 fully saturated rings. The zero-order valence-electron chi connectivity index (χ0n) is 10.6. The first-order valence-corrected chi connectivity index (χ1v) is 6.49. The fourth-order valence-corrected chi connectivity index (χ4v) is 2.58. The topological polar surface area (TPSA) is 20.3 Å². The predicted octanol–water partition coefficient (Wildman–Crippen LogP) is 3.02. The molecule has 0 radical (unpaired) electrons. The molecule has 2 nitrogen and oxygen atoms in total. The molecule has 1 unspecified atom stereocenters. The van der Waals surface area contributed by atoms with Crippen molar-refractivity contribution in [2.75, 3.05) is 11.4 Å². The monoisotopic (exact) mass is 249 g/mol. The lowest BCUT2D eigenvalue weighted by atomic mass is 9.85. The maximum Gasteiger partial charge on any atom is 0.228 e. The molecular formula is C14H19NOS. The third-order valence-electron chi connectivity index (χ3n) is 3.11. The number of nitrogens with zero attached hydrogens (tertiary/aromatic N) is 1. The molecule has 0 bridgehead atoms. The standard InChI is InChI=1S/C14H19NOS/c1-14(2,3)11-6-4-5-7-12(11)15-9-10(17)8-13(15)16/h4-7,10,17H,8-9H2,1-3H3. The van der Waals surface area contributed by atoms with Gasteiger partial charge in [-0.1, -0.05) is 39.0 Å². The fraction of sp³-hybridized carbons (Fsp3) is 0.500. The maximum atomic E-state index is 11.9. The third kappa shape index (κ3) is 2.49. The molecule has 1 amide bonds. The summed E-state index contributed by atoms with van der Waals surface area (Å²) in [5, 5.41) is 0.163. The Morgan fingerprint density at radius 1 is 1.29 bits per heavy atom. The van der Waals surface area contributed by atoms with E-state index in [1.165, 1.54) is 5.56 Å². The Balaban J connectivity index is 2.42. The number of thiol groups is 1. The zero-order chi connectivity index (χ0) is 12.6. The summed E-state index contributed by atoms with van der Waals surface area (Å²) in [5.41, 5.74) is 2.31. The Morgan fingerprint density at radius 2 is 1.94 bits per heavy atom. The van der Waals surface area contributed by atoms with Crippen LogP contribution in [0.25, 0.3) is 0 Å². The number of benzene rings is 1. The van der Waals surface area contributed by atoms with E-state index >= 15 is 0 Å². The Hall–Kier alpha value is -0.960. The van der Waals surface area contributed by atoms with E-state index in [-0.39, 0.29) is 16.6 Å². The van der Waals surface area contributed by atoms with E-state index in [1.54, 1.807) is 0 Å². The summed E-state index contributed by atoms with van der Waals surface area (Å²) in [6.07, 6.45) is 0.543. The fourth-order valence-electron chi connectivity index (χ4n) is 2.26. The van der Waals surface area contributed by atoms with Gasteiger partial charge in [-0.15, -0.1) is 0 Å². The predicted molar refractivity (Wildman–Crippen MR) is 74.9 cm³/mol. The molecule has 2 rings (SSSR count). The first-order valence-electron chi connectivity index (χ1n) is 5.97. The number of carbonyl (C=O) groups is 1.